The molecule has 21 heavy (non-hydrogen) atoms. The summed E-state index contributed by atoms with van der Waals surface area (Å²) in [6.45, 7) is 3.36. The smallest absolute Gasteiger partial charge is 0.319 e. The number of halogens is 2. The van der Waals surface area contributed by atoms with Gasteiger partial charge >= 0.3 is 5.97 Å². The molecule has 6 heteroatoms. The molecule has 2 rings (SSSR count). The number of aromatic nitrogens is 1. The Labute approximate surface area is 140 Å². The van der Waals surface area contributed by atoms with Gasteiger partial charge in [0.1, 0.15) is 4.75 Å². The number of carboxylic acid groups (broad SMARTS) is 1. The Kier molecular flexibility index (Phi) is 4.96. The highest BCUT2D eigenvalue weighted by atomic mass is 79.9. The highest BCUT2D eigenvalue weighted by Crippen LogP contribution is 2.39. The van der Waals surface area contributed by atoms with Crippen LogP contribution in [0, 0.1) is 0 Å². The quantitative estimate of drug-likeness (QED) is 0.741. The molecule has 0 saturated carbocycles. The summed E-state index contributed by atoms with van der Waals surface area (Å²) in [7, 11) is 0. The summed E-state index contributed by atoms with van der Waals surface area (Å²) in [5, 5.41) is 9.88. The van der Waals surface area contributed by atoms with E-state index in [1.54, 1.807) is 26.2 Å². The van der Waals surface area contributed by atoms with Crippen LogP contribution in [0.25, 0.3) is 11.1 Å². The van der Waals surface area contributed by atoms with Gasteiger partial charge in [-0.05, 0) is 53.5 Å². The number of hydrogen-bond acceptors (Lipinski definition) is 3. The van der Waals surface area contributed by atoms with Crippen LogP contribution in [0.4, 0.5) is 0 Å². The molecular weight excluding hydrogens is 374 g/mol. The number of aliphatic carboxylic acids is 1. The van der Waals surface area contributed by atoms with Crippen molar-refractivity contribution in [2.75, 3.05) is 0 Å². The second-order valence-corrected chi connectivity index (χ2v) is 7.84. The molecule has 1 heterocycles. The molecule has 0 amide bonds. The maximum absolute atomic E-state index is 11.3. The maximum Gasteiger partial charge on any atom is 0.319 e. The molecule has 0 radical (unpaired) electrons. The lowest BCUT2D eigenvalue weighted by atomic mass is 10.1. The van der Waals surface area contributed by atoms with E-state index < -0.39 is 10.7 Å². The van der Waals surface area contributed by atoms with Gasteiger partial charge in [0.05, 0.1) is 5.02 Å². The van der Waals surface area contributed by atoms with Gasteiger partial charge in [-0.25, -0.2) is 0 Å². The molecule has 1 aromatic carbocycles. The Morgan fingerprint density at radius 2 is 2.10 bits per heavy atom. The summed E-state index contributed by atoms with van der Waals surface area (Å²) in [4.78, 5) is 16.3. The number of carboxylic acids is 1. The fraction of sp³-hybridized carbons (Fsp3) is 0.200. The molecule has 1 aromatic heterocycles. The van der Waals surface area contributed by atoms with E-state index in [-0.39, 0.29) is 0 Å². The van der Waals surface area contributed by atoms with Gasteiger partial charge < -0.3 is 5.11 Å². The summed E-state index contributed by atoms with van der Waals surface area (Å²) >= 11 is 10.8. The van der Waals surface area contributed by atoms with Crippen molar-refractivity contribution < 1.29 is 9.90 Å². The Hall–Kier alpha value is -1.04. The van der Waals surface area contributed by atoms with Gasteiger partial charge in [0, 0.05) is 27.3 Å². The average molecular weight is 387 g/mol. The van der Waals surface area contributed by atoms with E-state index in [4.69, 9.17) is 11.6 Å². The first-order valence-corrected chi connectivity index (χ1v) is 8.12. The molecule has 0 atom stereocenters. The van der Waals surface area contributed by atoms with Crippen LogP contribution in [-0.4, -0.2) is 20.8 Å². The van der Waals surface area contributed by atoms with Crippen molar-refractivity contribution in [1.29, 1.82) is 0 Å². The lowest BCUT2D eigenvalue weighted by Gasteiger charge is -2.20. The Bertz CT molecular complexity index is 691. The van der Waals surface area contributed by atoms with Crippen molar-refractivity contribution in [3.8, 4) is 11.1 Å². The number of thioether (sulfide) groups is 1. The molecule has 2 aromatic rings. The molecule has 0 aliphatic carbocycles. The predicted molar refractivity (Wildman–Crippen MR) is 90.0 cm³/mol. The molecule has 0 aliphatic heterocycles. The molecular formula is C15H13BrClNO2S. The maximum atomic E-state index is 11.3. The lowest BCUT2D eigenvalue weighted by molar-refractivity contribution is -0.138. The van der Waals surface area contributed by atoms with Gasteiger partial charge in [0.2, 0.25) is 0 Å². The topological polar surface area (TPSA) is 50.2 Å². The van der Waals surface area contributed by atoms with Crippen molar-refractivity contribution in [1.82, 2.24) is 4.98 Å². The van der Waals surface area contributed by atoms with Crippen LogP contribution in [0.1, 0.15) is 13.8 Å². The highest BCUT2D eigenvalue weighted by molar-refractivity contribution is 9.10. The van der Waals surface area contributed by atoms with Gasteiger partial charge in [-0.3, -0.25) is 9.78 Å². The van der Waals surface area contributed by atoms with E-state index in [9.17, 15) is 9.90 Å². The van der Waals surface area contributed by atoms with Crippen molar-refractivity contribution in [2.24, 2.45) is 0 Å². The van der Waals surface area contributed by atoms with Gasteiger partial charge in [0.25, 0.3) is 0 Å². The lowest BCUT2D eigenvalue weighted by Crippen LogP contribution is -2.27. The zero-order chi connectivity index (χ0) is 15.6. The first-order valence-electron chi connectivity index (χ1n) is 6.13. The fourth-order valence-corrected chi connectivity index (χ4v) is 3.14. The Morgan fingerprint density at radius 3 is 2.71 bits per heavy atom. The minimum Gasteiger partial charge on any atom is -0.480 e. The normalized spacial score (nSPS) is 11.4. The molecule has 110 valence electrons. The van der Waals surface area contributed by atoms with Crippen molar-refractivity contribution in [3.05, 3.63) is 46.2 Å². The van der Waals surface area contributed by atoms with E-state index in [1.807, 2.05) is 24.3 Å². The van der Waals surface area contributed by atoms with Crippen LogP contribution in [0.2, 0.25) is 5.02 Å². The Morgan fingerprint density at radius 1 is 1.38 bits per heavy atom. The van der Waals surface area contributed by atoms with Crippen LogP contribution in [0.15, 0.2) is 46.0 Å². The van der Waals surface area contributed by atoms with Gasteiger partial charge in [0.15, 0.2) is 0 Å². The summed E-state index contributed by atoms with van der Waals surface area (Å²) in [5.41, 5.74) is 1.77. The van der Waals surface area contributed by atoms with E-state index in [0.29, 0.717) is 5.02 Å². The molecule has 0 aliphatic rings. The van der Waals surface area contributed by atoms with Gasteiger partial charge in [-0.1, -0.05) is 17.7 Å². The third-order valence-electron chi connectivity index (χ3n) is 2.89. The second-order valence-electron chi connectivity index (χ2n) is 4.92. The van der Waals surface area contributed by atoms with Gasteiger partial charge in [-0.2, -0.15) is 0 Å². The number of nitrogens with zero attached hydrogens (tertiary/aromatic N) is 1. The van der Waals surface area contributed by atoms with Crippen molar-refractivity contribution >= 4 is 45.3 Å². The van der Waals surface area contributed by atoms with Crippen LogP contribution in [-0.2, 0) is 4.79 Å². The van der Waals surface area contributed by atoms with Crippen LogP contribution in [0.5, 0.6) is 0 Å². The molecule has 3 nitrogen and oxygen atoms in total. The van der Waals surface area contributed by atoms with Crippen LogP contribution >= 0.6 is 39.3 Å². The van der Waals surface area contributed by atoms with Crippen LogP contribution < -0.4 is 0 Å². The minimum atomic E-state index is -0.921. The van der Waals surface area contributed by atoms with E-state index in [0.717, 1.165) is 20.5 Å². The third-order valence-corrected chi connectivity index (χ3v) is 5.39. The molecule has 0 spiro atoms. The molecule has 1 N–H and O–H groups in total. The number of rotatable bonds is 4. The minimum absolute atomic E-state index is 0.602. The summed E-state index contributed by atoms with van der Waals surface area (Å²) in [6, 6.07) is 7.44. The highest BCUT2D eigenvalue weighted by Gasteiger charge is 2.29. The molecule has 0 unspecified atom stereocenters. The molecule has 0 bridgehead atoms. The largest absolute Gasteiger partial charge is 0.480 e. The second kappa shape index (κ2) is 6.38. The fourth-order valence-electron chi connectivity index (χ4n) is 1.67. The number of carbonyl (C=O) groups is 1. The average Bonchev–Trinajstić information content (AvgIpc) is 2.42. The van der Waals surface area contributed by atoms with Crippen molar-refractivity contribution in [3.63, 3.8) is 0 Å². The number of hydrogen-bond donors (Lipinski definition) is 1. The summed E-state index contributed by atoms with van der Waals surface area (Å²) in [6.07, 6.45) is 3.38. The van der Waals surface area contributed by atoms with E-state index in [1.165, 1.54) is 11.8 Å². The molecule has 0 saturated heterocycles. The monoisotopic (exact) mass is 385 g/mol. The van der Waals surface area contributed by atoms with Gasteiger partial charge in [-0.15, -0.1) is 11.8 Å². The third kappa shape index (κ3) is 3.78. The van der Waals surface area contributed by atoms with Crippen molar-refractivity contribution in [2.45, 2.75) is 23.5 Å². The van der Waals surface area contributed by atoms with E-state index in [2.05, 4.69) is 20.9 Å². The first-order chi connectivity index (χ1) is 9.81. The summed E-state index contributed by atoms with van der Waals surface area (Å²) < 4.78 is -0.105. The SMILES string of the molecule is CC(C)(Sc1ccncc1-c1ccc(Br)c(Cl)c1)C(=O)O. The predicted octanol–water partition coefficient (Wildman–Crippen LogP) is 5.12. The van der Waals surface area contributed by atoms with E-state index >= 15 is 0 Å². The zero-order valence-electron chi connectivity index (χ0n) is 11.4. The zero-order valence-corrected chi connectivity index (χ0v) is 14.6. The number of benzene rings is 1. The van der Waals surface area contributed by atoms with Crippen LogP contribution in [0.3, 0.4) is 0 Å². The molecule has 0 fully saturated rings. The standard InChI is InChI=1S/C15H13BrClNO2S/c1-15(2,14(19)20)21-13-5-6-18-8-10(13)9-3-4-11(16)12(17)7-9/h3-8H,1-2H3,(H,19,20). The summed E-state index contributed by atoms with van der Waals surface area (Å²) in [5.74, 6) is -0.857. The first kappa shape index (κ1) is 16.3. The Balaban J connectivity index is 2.46. The number of pyridine rings is 1.